The molecule has 1 aliphatic carbocycles. The second-order valence-corrected chi connectivity index (χ2v) is 5.30. The van der Waals surface area contributed by atoms with E-state index in [1.807, 2.05) is 13.8 Å². The zero-order valence-corrected chi connectivity index (χ0v) is 12.3. The summed E-state index contributed by atoms with van der Waals surface area (Å²) in [5, 5.41) is 0. The number of esters is 2. The molecule has 108 valence electrons. The molecule has 1 aliphatic rings. The van der Waals surface area contributed by atoms with Gasteiger partial charge in [-0.2, -0.15) is 0 Å². The maximum atomic E-state index is 12.1. The summed E-state index contributed by atoms with van der Waals surface area (Å²) in [6, 6.07) is 0. The molecule has 0 atom stereocenters. The van der Waals surface area contributed by atoms with Crippen molar-refractivity contribution in [1.82, 2.24) is 0 Å². The van der Waals surface area contributed by atoms with Crippen LogP contribution < -0.4 is 0 Å². The molecule has 0 radical (unpaired) electrons. The van der Waals surface area contributed by atoms with Crippen LogP contribution in [-0.2, 0) is 19.1 Å². The summed E-state index contributed by atoms with van der Waals surface area (Å²) >= 11 is 0. The topological polar surface area (TPSA) is 52.6 Å². The van der Waals surface area contributed by atoms with Gasteiger partial charge in [0.05, 0.1) is 25.4 Å². The van der Waals surface area contributed by atoms with E-state index in [4.69, 9.17) is 9.47 Å². The van der Waals surface area contributed by atoms with Crippen molar-refractivity contribution in [3.8, 4) is 0 Å². The van der Waals surface area contributed by atoms with Crippen LogP contribution in [-0.4, -0.2) is 26.2 Å². The average molecular weight is 268 g/mol. The molecule has 0 aromatic rings. The zero-order chi connectivity index (χ0) is 14.4. The highest BCUT2D eigenvalue weighted by molar-refractivity contribution is 6.01. The van der Waals surface area contributed by atoms with Gasteiger partial charge >= 0.3 is 11.9 Å². The third-order valence-corrected chi connectivity index (χ3v) is 3.69. The lowest BCUT2D eigenvalue weighted by Gasteiger charge is -2.26. The van der Waals surface area contributed by atoms with Gasteiger partial charge in [-0.25, -0.2) is 9.59 Å². The molecule has 19 heavy (non-hydrogen) atoms. The number of carbonyl (C=O) groups excluding carboxylic acids is 2. The minimum atomic E-state index is -0.416. The Labute approximate surface area is 115 Å². The molecule has 0 aromatic carbocycles. The number of carbonyl (C=O) groups is 2. The Balaban J connectivity index is 3.23. The molecule has 4 nitrogen and oxygen atoms in total. The van der Waals surface area contributed by atoms with Crippen LogP contribution in [0.15, 0.2) is 11.1 Å². The van der Waals surface area contributed by atoms with E-state index in [2.05, 4.69) is 0 Å². The first-order chi connectivity index (χ1) is 9.02. The number of hydrogen-bond acceptors (Lipinski definition) is 4. The van der Waals surface area contributed by atoms with Crippen LogP contribution in [0.25, 0.3) is 0 Å². The molecule has 0 spiro atoms. The first kappa shape index (κ1) is 15.7. The molecular formula is C15H24O4. The fraction of sp³-hybridized carbons (Fsp3) is 0.733. The largest absolute Gasteiger partial charge is 0.466 e. The van der Waals surface area contributed by atoms with E-state index >= 15 is 0 Å². The Morgan fingerprint density at radius 3 is 1.89 bits per heavy atom. The van der Waals surface area contributed by atoms with Crippen molar-refractivity contribution >= 4 is 11.9 Å². The van der Waals surface area contributed by atoms with Crippen molar-refractivity contribution in [1.29, 1.82) is 0 Å². The molecule has 0 unspecified atom stereocenters. The minimum absolute atomic E-state index is 0.0523. The van der Waals surface area contributed by atoms with Crippen molar-refractivity contribution < 1.29 is 19.1 Å². The van der Waals surface area contributed by atoms with Crippen molar-refractivity contribution in [3.63, 3.8) is 0 Å². The molecule has 0 aromatic heterocycles. The lowest BCUT2D eigenvalue weighted by molar-refractivity contribution is -0.140. The number of hydrogen-bond donors (Lipinski definition) is 0. The van der Waals surface area contributed by atoms with E-state index in [1.54, 1.807) is 0 Å². The molecule has 1 rings (SSSR count). The molecule has 1 fully saturated rings. The summed E-state index contributed by atoms with van der Waals surface area (Å²) in [6.07, 6.45) is 5.27. The fourth-order valence-electron chi connectivity index (χ4n) is 2.76. The number of rotatable bonds is 4. The van der Waals surface area contributed by atoms with Gasteiger partial charge in [-0.05, 0) is 24.7 Å². The maximum Gasteiger partial charge on any atom is 0.334 e. The van der Waals surface area contributed by atoms with Gasteiger partial charge in [-0.1, -0.05) is 33.1 Å². The van der Waals surface area contributed by atoms with E-state index in [0.29, 0.717) is 11.1 Å². The van der Waals surface area contributed by atoms with Gasteiger partial charge < -0.3 is 9.47 Å². The molecular weight excluding hydrogens is 244 g/mol. The maximum absolute atomic E-state index is 12.1. The van der Waals surface area contributed by atoms with Crippen molar-refractivity contribution in [3.05, 3.63) is 11.1 Å². The van der Waals surface area contributed by atoms with Gasteiger partial charge in [-0.3, -0.25) is 0 Å². The van der Waals surface area contributed by atoms with Crippen LogP contribution in [0, 0.1) is 11.8 Å². The van der Waals surface area contributed by atoms with Gasteiger partial charge in [-0.15, -0.1) is 0 Å². The van der Waals surface area contributed by atoms with Crippen LogP contribution in [0.1, 0.15) is 46.0 Å². The second kappa shape index (κ2) is 7.31. The molecule has 0 heterocycles. The molecule has 0 amide bonds. The Kier molecular flexibility index (Phi) is 6.06. The van der Waals surface area contributed by atoms with Crippen LogP contribution in [0.5, 0.6) is 0 Å². The van der Waals surface area contributed by atoms with Gasteiger partial charge in [0.15, 0.2) is 0 Å². The Morgan fingerprint density at radius 2 is 1.47 bits per heavy atom. The first-order valence-electron chi connectivity index (χ1n) is 6.93. The van der Waals surface area contributed by atoms with Gasteiger partial charge in [0.1, 0.15) is 0 Å². The summed E-state index contributed by atoms with van der Waals surface area (Å²) < 4.78 is 9.72. The zero-order valence-electron chi connectivity index (χ0n) is 12.3. The summed E-state index contributed by atoms with van der Waals surface area (Å²) in [6.45, 7) is 3.80. The van der Waals surface area contributed by atoms with Gasteiger partial charge in [0.25, 0.3) is 0 Å². The molecule has 0 saturated heterocycles. The first-order valence-corrected chi connectivity index (χ1v) is 6.93. The van der Waals surface area contributed by atoms with Crippen LogP contribution in [0.3, 0.4) is 0 Å². The Morgan fingerprint density at radius 1 is 0.947 bits per heavy atom. The molecule has 4 heteroatoms. The van der Waals surface area contributed by atoms with E-state index in [9.17, 15) is 9.59 Å². The number of methoxy groups -OCH3 is 2. The van der Waals surface area contributed by atoms with E-state index in [0.717, 1.165) is 25.7 Å². The summed E-state index contributed by atoms with van der Waals surface area (Å²) in [5.74, 6) is -0.733. The number of ether oxygens (including phenoxy) is 2. The second-order valence-electron chi connectivity index (χ2n) is 5.30. The molecule has 0 aliphatic heterocycles. The van der Waals surface area contributed by atoms with Crippen LogP contribution >= 0.6 is 0 Å². The quantitative estimate of drug-likeness (QED) is 0.581. The highest BCUT2D eigenvalue weighted by atomic mass is 16.5. The SMILES string of the molecule is COC(=O)/C(=C(\C(=O)OC)C1CCCCC1)C(C)C. The van der Waals surface area contributed by atoms with E-state index < -0.39 is 5.97 Å². The summed E-state index contributed by atoms with van der Waals surface area (Å²) in [4.78, 5) is 24.1. The highest BCUT2D eigenvalue weighted by Gasteiger charge is 2.31. The smallest absolute Gasteiger partial charge is 0.334 e. The highest BCUT2D eigenvalue weighted by Crippen LogP contribution is 2.34. The van der Waals surface area contributed by atoms with Gasteiger partial charge in [0.2, 0.25) is 0 Å². The Hall–Kier alpha value is -1.32. The van der Waals surface area contributed by atoms with E-state index in [1.165, 1.54) is 20.6 Å². The predicted octanol–water partition coefficient (Wildman–Crippen LogP) is 2.87. The summed E-state index contributed by atoms with van der Waals surface area (Å²) in [7, 11) is 2.71. The standard InChI is InChI=1S/C15H24O4/c1-10(2)12(14(16)18-3)13(15(17)19-4)11-8-6-5-7-9-11/h10-11H,5-9H2,1-4H3/b13-12-. The fourth-order valence-corrected chi connectivity index (χ4v) is 2.76. The Bertz CT molecular complexity index is 362. The molecule has 1 saturated carbocycles. The minimum Gasteiger partial charge on any atom is -0.466 e. The van der Waals surface area contributed by atoms with Crippen molar-refractivity contribution in [2.75, 3.05) is 14.2 Å². The normalized spacial score (nSPS) is 17.9. The van der Waals surface area contributed by atoms with Crippen LogP contribution in [0.4, 0.5) is 0 Å². The summed E-state index contributed by atoms with van der Waals surface area (Å²) in [5.41, 5.74) is 1.00. The monoisotopic (exact) mass is 268 g/mol. The molecule has 0 N–H and O–H groups in total. The lowest BCUT2D eigenvalue weighted by Crippen LogP contribution is -2.25. The lowest BCUT2D eigenvalue weighted by atomic mass is 9.79. The van der Waals surface area contributed by atoms with Crippen molar-refractivity contribution in [2.45, 2.75) is 46.0 Å². The van der Waals surface area contributed by atoms with Crippen molar-refractivity contribution in [2.24, 2.45) is 11.8 Å². The third-order valence-electron chi connectivity index (χ3n) is 3.69. The van der Waals surface area contributed by atoms with E-state index in [-0.39, 0.29) is 17.8 Å². The van der Waals surface area contributed by atoms with Gasteiger partial charge in [0, 0.05) is 0 Å². The average Bonchev–Trinajstić information content (AvgIpc) is 2.43. The molecule has 0 bridgehead atoms. The third kappa shape index (κ3) is 3.82. The van der Waals surface area contributed by atoms with Crippen LogP contribution in [0.2, 0.25) is 0 Å². The predicted molar refractivity (Wildman–Crippen MR) is 72.5 cm³/mol.